The summed E-state index contributed by atoms with van der Waals surface area (Å²) in [6, 6.07) is 18.5. The number of carbonyl (C=O) groups excluding carboxylic acids is 4. The molecule has 4 N–H and O–H groups in total. The average Bonchev–Trinajstić information content (AvgIpc) is 4.18. The third-order valence-electron chi connectivity index (χ3n) is 13.5. The molecule has 366 valence electrons. The Morgan fingerprint density at radius 1 is 0.870 bits per heavy atom. The summed E-state index contributed by atoms with van der Waals surface area (Å²) in [5.74, 6) is -0.989. The molecule has 2 aromatic carbocycles. The lowest BCUT2D eigenvalue weighted by atomic mass is 9.85. The van der Waals surface area contributed by atoms with Crippen molar-refractivity contribution in [3.63, 3.8) is 0 Å². The number of halogens is 1. The van der Waals surface area contributed by atoms with Gasteiger partial charge in [0.1, 0.15) is 17.9 Å². The van der Waals surface area contributed by atoms with Gasteiger partial charge in [0.05, 0.1) is 24.0 Å². The molecule has 5 aromatic rings. The molecule has 0 bridgehead atoms. The van der Waals surface area contributed by atoms with Crippen LogP contribution in [0.1, 0.15) is 131 Å². The van der Waals surface area contributed by atoms with Gasteiger partial charge in [-0.05, 0) is 98.1 Å². The number of hydrogen-bond donors (Lipinski definition) is 4. The van der Waals surface area contributed by atoms with Crippen LogP contribution in [0.25, 0.3) is 16.7 Å². The van der Waals surface area contributed by atoms with Crippen molar-refractivity contribution in [3.8, 4) is 11.1 Å². The molecule has 1 aliphatic heterocycles. The van der Waals surface area contributed by atoms with Crippen LogP contribution in [0.5, 0.6) is 0 Å². The minimum Gasteiger partial charge on any atom is -0.349 e. The second-order valence-corrected chi connectivity index (χ2v) is 19.8. The molecule has 14 heteroatoms. The zero-order valence-electron chi connectivity index (χ0n) is 41.1. The lowest BCUT2D eigenvalue weighted by molar-refractivity contribution is -0.144. The smallest absolute Gasteiger partial charge is 0.246 e. The van der Waals surface area contributed by atoms with Gasteiger partial charge >= 0.3 is 0 Å². The molecule has 2 aliphatic rings. The highest BCUT2D eigenvalue weighted by molar-refractivity contribution is 5.94. The van der Waals surface area contributed by atoms with E-state index in [0.717, 1.165) is 96.1 Å². The topological polar surface area (TPSA) is 155 Å². The second kappa shape index (κ2) is 23.4. The van der Waals surface area contributed by atoms with Crippen molar-refractivity contribution in [1.29, 1.82) is 0 Å². The average molecular weight is 940 g/mol. The Hall–Kier alpha value is -6.25. The van der Waals surface area contributed by atoms with Gasteiger partial charge in [0, 0.05) is 73.5 Å². The molecule has 0 saturated carbocycles. The van der Waals surface area contributed by atoms with E-state index < -0.39 is 23.5 Å². The lowest BCUT2D eigenvalue weighted by Gasteiger charge is -2.36. The SMILES string of the molecule is CC[C@@H](NC(=O)[C@@H]1C[C@H](NCCCCCCCCC(=O)n2cc(-c3cnc4c(c3)C(c3ccn(Cc5cccc(F)c5)c3)=CC4)cn2)CN1C(=O)[C@@H](NC(=O)[C@H](C)NC)C(C)(C)C)c1ccccc1. The lowest BCUT2D eigenvalue weighted by Crippen LogP contribution is -2.59. The number of benzene rings is 2. The van der Waals surface area contributed by atoms with E-state index in [2.05, 4.69) is 55.3 Å². The number of amides is 3. The van der Waals surface area contributed by atoms with Gasteiger partial charge in [-0.25, -0.2) is 9.07 Å². The van der Waals surface area contributed by atoms with Crippen LogP contribution < -0.4 is 21.3 Å². The predicted molar refractivity (Wildman–Crippen MR) is 269 cm³/mol. The van der Waals surface area contributed by atoms with E-state index in [9.17, 15) is 23.6 Å². The molecular weight excluding hydrogens is 870 g/mol. The molecule has 0 radical (unpaired) electrons. The quantitative estimate of drug-likeness (QED) is 0.0506. The number of hydrogen-bond acceptors (Lipinski definition) is 8. The van der Waals surface area contributed by atoms with Gasteiger partial charge in [-0.3, -0.25) is 24.2 Å². The van der Waals surface area contributed by atoms with Crippen LogP contribution in [0.15, 0.2) is 104 Å². The summed E-state index contributed by atoms with van der Waals surface area (Å²) in [5, 5.41) is 17.2. The fraction of sp³-hybridized carbons (Fsp3) is 0.455. The predicted octanol–water partition coefficient (Wildman–Crippen LogP) is 8.26. The Morgan fingerprint density at radius 3 is 2.38 bits per heavy atom. The summed E-state index contributed by atoms with van der Waals surface area (Å²) in [6.07, 6.45) is 19.7. The Morgan fingerprint density at radius 2 is 1.64 bits per heavy atom. The normalized spacial score (nSPS) is 17.0. The van der Waals surface area contributed by atoms with E-state index in [4.69, 9.17) is 4.98 Å². The van der Waals surface area contributed by atoms with Gasteiger partial charge in [0.25, 0.3) is 0 Å². The van der Waals surface area contributed by atoms with E-state index >= 15 is 0 Å². The first-order chi connectivity index (χ1) is 33.2. The number of nitrogens with zero attached hydrogens (tertiary/aromatic N) is 5. The Balaban J connectivity index is 0.852. The van der Waals surface area contributed by atoms with Gasteiger partial charge in [-0.1, -0.05) is 102 Å². The highest BCUT2D eigenvalue weighted by Gasteiger charge is 2.45. The van der Waals surface area contributed by atoms with Crippen molar-refractivity contribution >= 4 is 29.2 Å². The fourth-order valence-corrected chi connectivity index (χ4v) is 9.37. The molecule has 0 spiro atoms. The molecule has 7 rings (SSSR count). The number of allylic oxidation sites excluding steroid dienone is 1. The third-order valence-corrected chi connectivity index (χ3v) is 13.5. The third kappa shape index (κ3) is 13.1. The molecular formula is C55H70FN9O4. The van der Waals surface area contributed by atoms with E-state index in [1.807, 2.05) is 76.5 Å². The monoisotopic (exact) mass is 940 g/mol. The van der Waals surface area contributed by atoms with Crippen LogP contribution in [0, 0.1) is 11.2 Å². The number of fused-ring (bicyclic) bond motifs is 1. The first kappa shape index (κ1) is 50.6. The van der Waals surface area contributed by atoms with Crippen LogP contribution >= 0.6 is 0 Å². The number of unbranched alkanes of at least 4 members (excludes halogenated alkanes) is 5. The number of carbonyl (C=O) groups is 4. The Bertz CT molecular complexity index is 2580. The van der Waals surface area contributed by atoms with Crippen molar-refractivity contribution in [2.45, 2.75) is 136 Å². The number of pyridine rings is 1. The highest BCUT2D eigenvalue weighted by Crippen LogP contribution is 2.35. The summed E-state index contributed by atoms with van der Waals surface area (Å²) in [4.78, 5) is 61.1. The van der Waals surface area contributed by atoms with Crippen molar-refractivity contribution in [2.24, 2.45) is 5.41 Å². The molecule has 4 heterocycles. The number of likely N-dealkylation sites (tertiary alicyclic amines) is 1. The highest BCUT2D eigenvalue weighted by atomic mass is 19.1. The summed E-state index contributed by atoms with van der Waals surface area (Å²) in [7, 11) is 1.71. The Kier molecular flexibility index (Phi) is 17.1. The van der Waals surface area contributed by atoms with Crippen molar-refractivity contribution in [3.05, 3.63) is 138 Å². The molecule has 3 aromatic heterocycles. The zero-order valence-corrected chi connectivity index (χ0v) is 41.1. The summed E-state index contributed by atoms with van der Waals surface area (Å²) in [6.45, 7) is 11.3. The largest absolute Gasteiger partial charge is 0.349 e. The van der Waals surface area contributed by atoms with Gasteiger partial charge in [0.2, 0.25) is 23.6 Å². The molecule has 0 unspecified atom stereocenters. The Labute approximate surface area is 406 Å². The summed E-state index contributed by atoms with van der Waals surface area (Å²) >= 11 is 0. The summed E-state index contributed by atoms with van der Waals surface area (Å²) < 4.78 is 17.3. The minimum absolute atomic E-state index is 0.0372. The van der Waals surface area contributed by atoms with E-state index in [1.54, 1.807) is 43.4 Å². The van der Waals surface area contributed by atoms with Crippen LogP contribution in [0.3, 0.4) is 0 Å². The number of likely N-dealkylation sites (N-methyl/N-ethyl adjacent to an activating group) is 1. The maximum atomic E-state index is 14.4. The molecule has 1 fully saturated rings. The van der Waals surface area contributed by atoms with E-state index in [-0.39, 0.29) is 41.5 Å². The zero-order chi connectivity index (χ0) is 49.1. The van der Waals surface area contributed by atoms with Gasteiger partial charge < -0.3 is 30.7 Å². The van der Waals surface area contributed by atoms with E-state index in [0.29, 0.717) is 32.4 Å². The standard InChI is InChI=1S/C55H70FN9O4/c1-7-47(39-19-13-12-14-20-39)61-53(68)49-30-44(36-64(49)54(69)51(55(3,4)5)62-52(67)37(2)57-6)58-26-16-11-9-8-10-15-22-50(66)65-35-42(32-60-65)41-29-46-45(23-24-48(46)59-31-41)40-25-27-63(34-40)33-38-18-17-21-43(56)28-38/h12-14,17-21,23,25,27-29,31-32,34-35,37,44,47,49,51,57-58H,7-11,15-16,22,24,26,30,33,36H2,1-6H3,(H,61,68)(H,62,67)/t37-,44-,47+,49-,51+/m0/s1. The first-order valence-electron chi connectivity index (χ1n) is 24.8. The molecule has 3 amide bonds. The minimum atomic E-state index is -0.814. The maximum absolute atomic E-state index is 14.4. The van der Waals surface area contributed by atoms with Crippen molar-refractivity contribution in [1.82, 2.24) is 45.5 Å². The van der Waals surface area contributed by atoms with Crippen molar-refractivity contribution < 1.29 is 23.6 Å². The maximum Gasteiger partial charge on any atom is 0.246 e. The second-order valence-electron chi connectivity index (χ2n) is 19.8. The molecule has 1 saturated heterocycles. The van der Waals surface area contributed by atoms with Crippen LogP contribution in [-0.4, -0.2) is 92.2 Å². The number of nitrogens with one attached hydrogen (secondary N) is 4. The van der Waals surface area contributed by atoms with E-state index in [1.165, 1.54) is 10.7 Å². The van der Waals surface area contributed by atoms with Crippen LogP contribution in [0.4, 0.5) is 4.39 Å². The van der Waals surface area contributed by atoms with Crippen molar-refractivity contribution in [2.75, 3.05) is 20.1 Å². The molecule has 69 heavy (non-hydrogen) atoms. The first-order valence-corrected chi connectivity index (χ1v) is 24.8. The molecule has 5 atom stereocenters. The van der Waals surface area contributed by atoms with Gasteiger partial charge in [0.15, 0.2) is 0 Å². The van der Waals surface area contributed by atoms with Gasteiger partial charge in [-0.15, -0.1) is 0 Å². The summed E-state index contributed by atoms with van der Waals surface area (Å²) in [5.41, 5.74) is 7.32. The molecule has 13 nitrogen and oxygen atoms in total. The van der Waals surface area contributed by atoms with Crippen LogP contribution in [-0.2, 0) is 27.3 Å². The molecule has 1 aliphatic carbocycles. The van der Waals surface area contributed by atoms with Crippen LogP contribution in [0.2, 0.25) is 0 Å². The fourth-order valence-electron chi connectivity index (χ4n) is 9.37. The number of rotatable bonds is 22. The number of aromatic nitrogens is 4. The van der Waals surface area contributed by atoms with Gasteiger partial charge in [-0.2, -0.15) is 5.10 Å².